The standard InChI is InChI=1S/C16H22O5/c1-4-20-14(17)11-16(19,12(3)15(18)21-5-2)13-9-7-6-8-10-13/h6-10,12,19H,4-5,11H2,1-3H3/t12-,16+/m1/s1. The van der Waals surface area contributed by atoms with E-state index in [2.05, 4.69) is 0 Å². The second kappa shape index (κ2) is 7.78. The molecule has 116 valence electrons. The van der Waals surface area contributed by atoms with E-state index in [0.29, 0.717) is 5.56 Å². The Kier molecular flexibility index (Phi) is 6.37. The summed E-state index contributed by atoms with van der Waals surface area (Å²) in [6, 6.07) is 8.62. The maximum absolute atomic E-state index is 12.0. The minimum Gasteiger partial charge on any atom is -0.466 e. The van der Waals surface area contributed by atoms with Gasteiger partial charge in [0.15, 0.2) is 0 Å². The minimum absolute atomic E-state index is 0.216. The molecule has 0 amide bonds. The Morgan fingerprint density at radius 2 is 1.71 bits per heavy atom. The number of hydrogen-bond acceptors (Lipinski definition) is 5. The van der Waals surface area contributed by atoms with Crippen LogP contribution in [0, 0.1) is 5.92 Å². The van der Waals surface area contributed by atoms with Crippen molar-refractivity contribution in [3.63, 3.8) is 0 Å². The number of aliphatic hydroxyl groups is 1. The summed E-state index contributed by atoms with van der Waals surface area (Å²) in [6.45, 7) is 5.36. The lowest BCUT2D eigenvalue weighted by Crippen LogP contribution is -2.41. The van der Waals surface area contributed by atoms with E-state index in [1.165, 1.54) is 0 Å². The molecule has 1 rings (SSSR count). The summed E-state index contributed by atoms with van der Waals surface area (Å²) in [7, 11) is 0. The van der Waals surface area contributed by atoms with Crippen LogP contribution >= 0.6 is 0 Å². The van der Waals surface area contributed by atoms with Crippen molar-refractivity contribution < 1.29 is 24.2 Å². The molecule has 21 heavy (non-hydrogen) atoms. The molecule has 0 aromatic heterocycles. The fourth-order valence-corrected chi connectivity index (χ4v) is 2.13. The number of rotatable bonds is 7. The maximum Gasteiger partial charge on any atom is 0.311 e. The minimum atomic E-state index is -1.65. The molecule has 2 atom stereocenters. The molecule has 0 heterocycles. The first-order valence-corrected chi connectivity index (χ1v) is 7.05. The van der Waals surface area contributed by atoms with Gasteiger partial charge in [0.05, 0.1) is 25.6 Å². The summed E-state index contributed by atoms with van der Waals surface area (Å²) in [5, 5.41) is 10.9. The zero-order valence-electron chi connectivity index (χ0n) is 12.7. The van der Waals surface area contributed by atoms with Gasteiger partial charge in [-0.05, 0) is 26.3 Å². The molecule has 0 aliphatic heterocycles. The molecule has 1 N–H and O–H groups in total. The first-order valence-electron chi connectivity index (χ1n) is 7.05. The van der Waals surface area contributed by atoms with E-state index in [1.807, 2.05) is 0 Å². The molecule has 5 heteroatoms. The third kappa shape index (κ3) is 4.29. The second-order valence-electron chi connectivity index (χ2n) is 4.75. The fraction of sp³-hybridized carbons (Fsp3) is 0.500. The van der Waals surface area contributed by atoms with Gasteiger partial charge in [-0.2, -0.15) is 0 Å². The van der Waals surface area contributed by atoms with E-state index in [9.17, 15) is 14.7 Å². The Labute approximate surface area is 124 Å². The van der Waals surface area contributed by atoms with Crippen LogP contribution in [0.2, 0.25) is 0 Å². The second-order valence-corrected chi connectivity index (χ2v) is 4.75. The summed E-state index contributed by atoms with van der Waals surface area (Å²) in [4.78, 5) is 23.8. The van der Waals surface area contributed by atoms with Crippen molar-refractivity contribution >= 4 is 11.9 Å². The summed E-state index contributed by atoms with van der Waals surface area (Å²) >= 11 is 0. The highest BCUT2D eigenvalue weighted by Crippen LogP contribution is 2.34. The summed E-state index contributed by atoms with van der Waals surface area (Å²) in [5.74, 6) is -1.99. The van der Waals surface area contributed by atoms with Crippen LogP contribution in [-0.2, 0) is 24.7 Å². The van der Waals surface area contributed by atoms with Crippen molar-refractivity contribution in [2.24, 2.45) is 5.92 Å². The van der Waals surface area contributed by atoms with Gasteiger partial charge in [0.2, 0.25) is 0 Å². The molecule has 0 bridgehead atoms. The molecule has 0 fully saturated rings. The van der Waals surface area contributed by atoms with Gasteiger partial charge in [-0.1, -0.05) is 30.3 Å². The molecule has 0 saturated heterocycles. The Hall–Kier alpha value is -1.88. The van der Waals surface area contributed by atoms with Gasteiger partial charge < -0.3 is 14.6 Å². The molecular formula is C16H22O5. The molecule has 0 radical (unpaired) electrons. The summed E-state index contributed by atoms with van der Waals surface area (Å²) < 4.78 is 9.86. The van der Waals surface area contributed by atoms with Crippen molar-refractivity contribution in [1.29, 1.82) is 0 Å². The van der Waals surface area contributed by atoms with Gasteiger partial charge in [0, 0.05) is 0 Å². The van der Waals surface area contributed by atoms with Gasteiger partial charge in [-0.25, -0.2) is 0 Å². The third-order valence-electron chi connectivity index (χ3n) is 3.35. The molecule has 5 nitrogen and oxygen atoms in total. The number of esters is 2. The summed E-state index contributed by atoms with van der Waals surface area (Å²) in [5.41, 5.74) is -1.17. The van der Waals surface area contributed by atoms with Crippen molar-refractivity contribution in [2.45, 2.75) is 32.8 Å². The lowest BCUT2D eigenvalue weighted by atomic mass is 9.79. The molecule has 0 aliphatic carbocycles. The topological polar surface area (TPSA) is 72.8 Å². The molecule has 1 aromatic rings. The van der Waals surface area contributed by atoms with Crippen LogP contribution < -0.4 is 0 Å². The van der Waals surface area contributed by atoms with Crippen LogP contribution in [0.4, 0.5) is 0 Å². The maximum atomic E-state index is 12.0. The Morgan fingerprint density at radius 1 is 1.14 bits per heavy atom. The van der Waals surface area contributed by atoms with Crippen LogP contribution in [0.25, 0.3) is 0 Å². The van der Waals surface area contributed by atoms with Crippen LogP contribution in [-0.4, -0.2) is 30.3 Å². The van der Waals surface area contributed by atoms with E-state index in [1.54, 1.807) is 51.1 Å². The Morgan fingerprint density at radius 3 is 2.24 bits per heavy atom. The molecular weight excluding hydrogens is 272 g/mol. The molecule has 0 saturated carbocycles. The Balaban J connectivity index is 3.10. The quantitative estimate of drug-likeness (QED) is 0.779. The van der Waals surface area contributed by atoms with Crippen molar-refractivity contribution in [2.75, 3.05) is 13.2 Å². The fourth-order valence-electron chi connectivity index (χ4n) is 2.13. The highest BCUT2D eigenvalue weighted by Gasteiger charge is 2.43. The molecule has 1 aromatic carbocycles. The zero-order chi connectivity index (χ0) is 15.9. The van der Waals surface area contributed by atoms with Gasteiger partial charge in [-0.15, -0.1) is 0 Å². The monoisotopic (exact) mass is 294 g/mol. The highest BCUT2D eigenvalue weighted by atomic mass is 16.5. The van der Waals surface area contributed by atoms with Crippen LogP contribution in [0.1, 0.15) is 32.8 Å². The van der Waals surface area contributed by atoms with Crippen LogP contribution in [0.5, 0.6) is 0 Å². The van der Waals surface area contributed by atoms with Crippen LogP contribution in [0.3, 0.4) is 0 Å². The number of hydrogen-bond donors (Lipinski definition) is 1. The number of benzene rings is 1. The molecule has 0 spiro atoms. The smallest absolute Gasteiger partial charge is 0.311 e. The lowest BCUT2D eigenvalue weighted by Gasteiger charge is -2.32. The zero-order valence-corrected chi connectivity index (χ0v) is 12.7. The predicted octanol–water partition coefficient (Wildman–Crippen LogP) is 2.03. The van der Waals surface area contributed by atoms with E-state index in [0.717, 1.165) is 0 Å². The first-order chi connectivity index (χ1) is 9.95. The van der Waals surface area contributed by atoms with E-state index >= 15 is 0 Å². The third-order valence-corrected chi connectivity index (χ3v) is 3.35. The van der Waals surface area contributed by atoms with E-state index in [4.69, 9.17) is 9.47 Å². The van der Waals surface area contributed by atoms with Gasteiger partial charge in [0.25, 0.3) is 0 Å². The lowest BCUT2D eigenvalue weighted by molar-refractivity contribution is -0.164. The molecule has 0 unspecified atom stereocenters. The Bertz CT molecular complexity index is 471. The number of ether oxygens (including phenoxy) is 2. The predicted molar refractivity (Wildman–Crippen MR) is 77.4 cm³/mol. The van der Waals surface area contributed by atoms with E-state index < -0.39 is 23.5 Å². The summed E-state index contributed by atoms with van der Waals surface area (Å²) in [6.07, 6.45) is -0.301. The van der Waals surface area contributed by atoms with Gasteiger partial charge >= 0.3 is 11.9 Å². The van der Waals surface area contributed by atoms with Gasteiger partial charge in [0.1, 0.15) is 5.60 Å². The van der Waals surface area contributed by atoms with Crippen molar-refractivity contribution in [3.05, 3.63) is 35.9 Å². The largest absolute Gasteiger partial charge is 0.466 e. The average Bonchev–Trinajstić information content (AvgIpc) is 2.47. The molecule has 0 aliphatic rings. The average molecular weight is 294 g/mol. The SMILES string of the molecule is CCOC(=O)C[C@@](O)(c1ccccc1)[C@H](C)C(=O)OCC. The van der Waals surface area contributed by atoms with E-state index in [-0.39, 0.29) is 19.6 Å². The van der Waals surface area contributed by atoms with Gasteiger partial charge in [-0.3, -0.25) is 9.59 Å². The highest BCUT2D eigenvalue weighted by molar-refractivity contribution is 5.77. The first kappa shape index (κ1) is 17.2. The number of carbonyl (C=O) groups excluding carboxylic acids is 2. The van der Waals surface area contributed by atoms with Crippen LogP contribution in [0.15, 0.2) is 30.3 Å². The normalized spacial score (nSPS) is 14.9. The van der Waals surface area contributed by atoms with Crippen molar-refractivity contribution in [3.8, 4) is 0 Å². The van der Waals surface area contributed by atoms with Crippen molar-refractivity contribution in [1.82, 2.24) is 0 Å². The number of carbonyl (C=O) groups is 2.